The van der Waals surface area contributed by atoms with Gasteiger partial charge in [0.2, 0.25) is 5.91 Å². The molecule has 0 aliphatic heterocycles. The highest BCUT2D eigenvalue weighted by molar-refractivity contribution is 14.0. The fraction of sp³-hybridized carbons (Fsp3) is 0.619. The van der Waals surface area contributed by atoms with Crippen LogP contribution in [0.15, 0.2) is 17.1 Å². The molecule has 1 aromatic rings. The van der Waals surface area contributed by atoms with Crippen LogP contribution in [0.3, 0.4) is 0 Å². The lowest BCUT2D eigenvalue weighted by atomic mass is 9.83. The summed E-state index contributed by atoms with van der Waals surface area (Å²) >= 11 is 0. The number of aliphatic imine (C=N–C) groups is 1. The van der Waals surface area contributed by atoms with E-state index >= 15 is 0 Å². The number of amides is 1. The number of carbonyl (C=O) groups excluding carboxylic acids is 1. The number of benzene rings is 1. The minimum absolute atomic E-state index is 0. The fourth-order valence-electron chi connectivity index (χ4n) is 3.65. The monoisotopic (exact) mass is 556 g/mol. The van der Waals surface area contributed by atoms with Gasteiger partial charge in [0.05, 0.1) is 5.69 Å². The van der Waals surface area contributed by atoms with Crippen molar-refractivity contribution in [1.29, 1.82) is 0 Å². The van der Waals surface area contributed by atoms with E-state index in [9.17, 15) is 18.0 Å². The Morgan fingerprint density at radius 2 is 1.84 bits per heavy atom. The summed E-state index contributed by atoms with van der Waals surface area (Å²) in [6.07, 6.45) is 5.56. The van der Waals surface area contributed by atoms with Crippen molar-refractivity contribution in [1.82, 2.24) is 10.6 Å². The SMILES string of the molecule is CCNC(=NCC(=O)Nc1ccc(F)c(F)c1F)NCC1(CCOCC)CCCC1.I. The molecule has 1 aliphatic carbocycles. The minimum atomic E-state index is -1.62. The largest absolute Gasteiger partial charge is 0.382 e. The number of hydrogen-bond donors (Lipinski definition) is 3. The number of rotatable bonds is 10. The first-order valence-electron chi connectivity index (χ1n) is 10.4. The van der Waals surface area contributed by atoms with Crippen LogP contribution in [0.2, 0.25) is 0 Å². The van der Waals surface area contributed by atoms with Gasteiger partial charge in [0.15, 0.2) is 23.4 Å². The molecule has 0 saturated heterocycles. The van der Waals surface area contributed by atoms with Gasteiger partial charge in [0.25, 0.3) is 0 Å². The average Bonchev–Trinajstić information content (AvgIpc) is 3.20. The summed E-state index contributed by atoms with van der Waals surface area (Å²) < 4.78 is 45.5. The third-order valence-electron chi connectivity index (χ3n) is 5.31. The number of halogens is 4. The molecule has 1 amide bonds. The van der Waals surface area contributed by atoms with Gasteiger partial charge in [-0.05, 0) is 50.7 Å². The summed E-state index contributed by atoms with van der Waals surface area (Å²) in [4.78, 5) is 16.3. The molecule has 0 bridgehead atoms. The molecule has 0 spiro atoms. The molecule has 1 saturated carbocycles. The van der Waals surface area contributed by atoms with Crippen molar-refractivity contribution in [3.63, 3.8) is 0 Å². The highest BCUT2D eigenvalue weighted by atomic mass is 127. The van der Waals surface area contributed by atoms with Crippen LogP contribution in [0.25, 0.3) is 0 Å². The summed E-state index contributed by atoms with van der Waals surface area (Å²) in [6, 6.07) is 1.73. The highest BCUT2D eigenvalue weighted by Gasteiger charge is 2.33. The topological polar surface area (TPSA) is 74.8 Å². The Balaban J connectivity index is 0.00000480. The number of carbonyl (C=O) groups is 1. The molecule has 1 aromatic carbocycles. The van der Waals surface area contributed by atoms with Crippen LogP contribution in [0.5, 0.6) is 0 Å². The van der Waals surface area contributed by atoms with E-state index < -0.39 is 29.0 Å². The molecule has 31 heavy (non-hydrogen) atoms. The first kappa shape index (κ1) is 27.5. The summed E-state index contributed by atoms with van der Waals surface area (Å²) in [5.74, 6) is -4.53. The number of ether oxygens (including phenoxy) is 1. The lowest BCUT2D eigenvalue weighted by Gasteiger charge is -2.30. The zero-order valence-electron chi connectivity index (χ0n) is 18.0. The van der Waals surface area contributed by atoms with E-state index in [1.807, 2.05) is 13.8 Å². The number of nitrogens with one attached hydrogen (secondary N) is 3. The van der Waals surface area contributed by atoms with Crippen molar-refractivity contribution in [2.75, 3.05) is 38.2 Å². The molecule has 6 nitrogen and oxygen atoms in total. The van der Waals surface area contributed by atoms with Crippen LogP contribution >= 0.6 is 24.0 Å². The average molecular weight is 556 g/mol. The van der Waals surface area contributed by atoms with Crippen LogP contribution in [-0.4, -0.2) is 44.7 Å². The molecule has 3 N–H and O–H groups in total. The number of anilines is 1. The van der Waals surface area contributed by atoms with E-state index in [0.717, 1.165) is 31.4 Å². The molecule has 1 fully saturated rings. The van der Waals surface area contributed by atoms with Gasteiger partial charge in [-0.25, -0.2) is 18.2 Å². The second-order valence-electron chi connectivity index (χ2n) is 7.47. The number of hydrogen-bond acceptors (Lipinski definition) is 3. The predicted molar refractivity (Wildman–Crippen MR) is 126 cm³/mol. The van der Waals surface area contributed by atoms with Gasteiger partial charge in [-0.2, -0.15) is 0 Å². The zero-order chi connectivity index (χ0) is 22.0. The molecule has 0 heterocycles. The van der Waals surface area contributed by atoms with Crippen molar-refractivity contribution >= 4 is 41.5 Å². The van der Waals surface area contributed by atoms with Crippen LogP contribution in [0.1, 0.15) is 46.0 Å². The summed E-state index contributed by atoms with van der Waals surface area (Å²) in [6.45, 7) is 6.33. The standard InChI is InChI=1S/C21H31F3N4O2.HI/c1-3-25-20(27-14-21(9-5-6-10-21)11-12-30-4-2)26-13-17(29)28-16-8-7-15(22)18(23)19(16)24;/h7-8H,3-6,9-14H2,1-2H3,(H,28,29)(H2,25,26,27);1H. The van der Waals surface area contributed by atoms with Crippen LogP contribution < -0.4 is 16.0 Å². The molecule has 2 rings (SSSR count). The number of nitrogens with zero attached hydrogens (tertiary/aromatic N) is 1. The Morgan fingerprint density at radius 3 is 2.48 bits per heavy atom. The smallest absolute Gasteiger partial charge is 0.246 e. The Labute approximate surface area is 198 Å². The maximum atomic E-state index is 13.7. The van der Waals surface area contributed by atoms with Gasteiger partial charge in [-0.3, -0.25) is 4.79 Å². The van der Waals surface area contributed by atoms with E-state index in [4.69, 9.17) is 4.74 Å². The molecule has 1 aliphatic rings. The third-order valence-corrected chi connectivity index (χ3v) is 5.31. The second kappa shape index (κ2) is 13.8. The van der Waals surface area contributed by atoms with Gasteiger partial charge >= 0.3 is 0 Å². The first-order chi connectivity index (χ1) is 14.4. The maximum Gasteiger partial charge on any atom is 0.246 e. The van der Waals surface area contributed by atoms with Crippen LogP contribution in [0, 0.1) is 22.9 Å². The Morgan fingerprint density at radius 1 is 1.13 bits per heavy atom. The molecular weight excluding hydrogens is 524 g/mol. The second-order valence-corrected chi connectivity index (χ2v) is 7.47. The predicted octanol–water partition coefficient (Wildman–Crippen LogP) is 4.20. The van der Waals surface area contributed by atoms with Crippen molar-refractivity contribution in [2.45, 2.75) is 46.0 Å². The Bertz CT molecular complexity index is 744. The summed E-state index contributed by atoms with van der Waals surface area (Å²) in [5.41, 5.74) is -0.282. The van der Waals surface area contributed by atoms with Gasteiger partial charge in [0, 0.05) is 26.3 Å². The zero-order valence-corrected chi connectivity index (χ0v) is 20.4. The number of guanidine groups is 1. The van der Waals surface area contributed by atoms with E-state index in [-0.39, 0.29) is 35.9 Å². The molecule has 0 atom stereocenters. The Hall–Kier alpha value is -1.56. The normalized spacial score (nSPS) is 15.3. The molecule has 10 heteroatoms. The fourth-order valence-corrected chi connectivity index (χ4v) is 3.65. The van der Waals surface area contributed by atoms with E-state index in [0.29, 0.717) is 32.3 Å². The van der Waals surface area contributed by atoms with Gasteiger partial charge < -0.3 is 20.7 Å². The van der Waals surface area contributed by atoms with Crippen molar-refractivity contribution in [3.8, 4) is 0 Å². The van der Waals surface area contributed by atoms with Gasteiger partial charge in [0.1, 0.15) is 6.54 Å². The molecule has 0 unspecified atom stereocenters. The molecular formula is C21H32F3IN4O2. The van der Waals surface area contributed by atoms with E-state index in [2.05, 4.69) is 20.9 Å². The molecule has 0 aromatic heterocycles. The molecule has 176 valence electrons. The third kappa shape index (κ3) is 8.47. The lowest BCUT2D eigenvalue weighted by molar-refractivity contribution is -0.114. The van der Waals surface area contributed by atoms with Gasteiger partial charge in [-0.1, -0.05) is 12.8 Å². The minimum Gasteiger partial charge on any atom is -0.382 e. The Kier molecular flexibility index (Phi) is 12.2. The summed E-state index contributed by atoms with van der Waals surface area (Å²) in [7, 11) is 0. The van der Waals surface area contributed by atoms with Gasteiger partial charge in [-0.15, -0.1) is 24.0 Å². The van der Waals surface area contributed by atoms with Crippen LogP contribution in [0.4, 0.5) is 18.9 Å². The van der Waals surface area contributed by atoms with Crippen molar-refractivity contribution in [2.24, 2.45) is 10.4 Å². The van der Waals surface area contributed by atoms with Crippen LogP contribution in [-0.2, 0) is 9.53 Å². The van der Waals surface area contributed by atoms with E-state index in [1.165, 1.54) is 12.8 Å². The molecule has 0 radical (unpaired) electrons. The first-order valence-corrected chi connectivity index (χ1v) is 10.4. The lowest BCUT2D eigenvalue weighted by Crippen LogP contribution is -2.43. The van der Waals surface area contributed by atoms with E-state index in [1.54, 1.807) is 0 Å². The highest BCUT2D eigenvalue weighted by Crippen LogP contribution is 2.40. The summed E-state index contributed by atoms with van der Waals surface area (Å²) in [5, 5.41) is 8.59. The van der Waals surface area contributed by atoms with Crippen molar-refractivity contribution < 1.29 is 22.7 Å². The maximum absolute atomic E-state index is 13.7. The quantitative estimate of drug-likeness (QED) is 0.133. The van der Waals surface area contributed by atoms with Crippen molar-refractivity contribution in [3.05, 3.63) is 29.6 Å².